The van der Waals surface area contributed by atoms with Gasteiger partial charge >= 0.3 is 6.03 Å². The Kier molecular flexibility index (Phi) is 6.35. The Hall–Kier alpha value is -2.53. The molecule has 1 aliphatic carbocycles. The van der Waals surface area contributed by atoms with E-state index in [1.165, 1.54) is 38.6 Å². The van der Waals surface area contributed by atoms with Crippen LogP contribution in [0, 0.1) is 5.92 Å². The normalized spacial score (nSPS) is 26.5. The number of ether oxygens (including phenoxy) is 1. The third kappa shape index (κ3) is 4.49. The van der Waals surface area contributed by atoms with E-state index in [1.54, 1.807) is 18.2 Å². The van der Waals surface area contributed by atoms with E-state index in [1.807, 2.05) is 24.3 Å². The van der Waals surface area contributed by atoms with Crippen LogP contribution in [0.3, 0.4) is 0 Å². The number of urea groups is 1. The molecule has 170 valence electrons. The third-order valence-corrected chi connectivity index (χ3v) is 7.82. The standard InChI is InChI=1S/C27H35N3O2/c1-32-22-12-8-20(9-13-22)18-28-27(31)29-21-10-6-19(7-11-21)16-17-30-25-14-15-26(30)24-5-3-2-4-23(24)25/h2-5,8-9,12-13,19,21,25-26H,6-7,10-11,14-18H2,1H3,(H2,28,29,31)/t19-,21-,25?,26?. The quantitative estimate of drug-likeness (QED) is 0.620. The molecule has 2 aromatic rings. The van der Waals surface area contributed by atoms with Gasteiger partial charge in [-0.1, -0.05) is 36.4 Å². The predicted molar refractivity (Wildman–Crippen MR) is 127 cm³/mol. The summed E-state index contributed by atoms with van der Waals surface area (Å²) in [7, 11) is 1.66. The van der Waals surface area contributed by atoms with Crippen molar-refractivity contribution in [2.24, 2.45) is 5.92 Å². The molecule has 0 aromatic heterocycles. The number of rotatable bonds is 7. The number of hydrogen-bond acceptors (Lipinski definition) is 3. The Morgan fingerprint density at radius 2 is 1.59 bits per heavy atom. The van der Waals surface area contributed by atoms with Gasteiger partial charge in [-0.25, -0.2) is 4.79 Å². The highest BCUT2D eigenvalue weighted by molar-refractivity contribution is 5.74. The van der Waals surface area contributed by atoms with Crippen molar-refractivity contribution in [2.75, 3.05) is 13.7 Å². The Balaban J connectivity index is 1.02. The van der Waals surface area contributed by atoms with E-state index in [2.05, 4.69) is 39.8 Å². The van der Waals surface area contributed by atoms with Crippen LogP contribution in [-0.2, 0) is 6.54 Å². The fourth-order valence-corrected chi connectivity index (χ4v) is 6.05. The number of amides is 2. The fraction of sp³-hybridized carbons (Fsp3) is 0.519. The minimum Gasteiger partial charge on any atom is -0.497 e. The van der Waals surface area contributed by atoms with Crippen molar-refractivity contribution in [1.82, 2.24) is 15.5 Å². The van der Waals surface area contributed by atoms with Crippen LogP contribution in [0.25, 0.3) is 0 Å². The van der Waals surface area contributed by atoms with Crippen molar-refractivity contribution < 1.29 is 9.53 Å². The molecular weight excluding hydrogens is 398 g/mol. The first-order valence-corrected chi connectivity index (χ1v) is 12.2. The van der Waals surface area contributed by atoms with E-state index in [4.69, 9.17) is 4.74 Å². The van der Waals surface area contributed by atoms with Crippen molar-refractivity contribution in [3.8, 4) is 5.75 Å². The molecule has 2 fully saturated rings. The summed E-state index contributed by atoms with van der Waals surface area (Å²) in [5, 5.41) is 6.17. The third-order valence-electron chi connectivity index (χ3n) is 7.82. The maximum absolute atomic E-state index is 12.3. The van der Waals surface area contributed by atoms with Crippen LogP contribution < -0.4 is 15.4 Å². The molecule has 5 nitrogen and oxygen atoms in total. The highest BCUT2D eigenvalue weighted by atomic mass is 16.5. The lowest BCUT2D eigenvalue weighted by Crippen LogP contribution is -2.43. The Bertz CT molecular complexity index is 890. The maximum atomic E-state index is 12.3. The van der Waals surface area contributed by atoms with Crippen molar-refractivity contribution in [1.29, 1.82) is 0 Å². The summed E-state index contributed by atoms with van der Waals surface area (Å²) in [5.41, 5.74) is 4.23. The molecule has 2 aromatic carbocycles. The highest BCUT2D eigenvalue weighted by Gasteiger charge is 2.43. The summed E-state index contributed by atoms with van der Waals surface area (Å²) < 4.78 is 5.18. The molecule has 32 heavy (non-hydrogen) atoms. The summed E-state index contributed by atoms with van der Waals surface area (Å²) in [5.74, 6) is 1.62. The molecule has 3 aliphatic rings. The van der Waals surface area contributed by atoms with Gasteiger partial charge < -0.3 is 15.4 Å². The molecule has 2 bridgehead atoms. The number of carbonyl (C=O) groups is 1. The highest BCUT2D eigenvalue weighted by Crippen LogP contribution is 2.53. The first-order valence-electron chi connectivity index (χ1n) is 12.2. The van der Waals surface area contributed by atoms with Crippen LogP contribution in [0.4, 0.5) is 4.79 Å². The lowest BCUT2D eigenvalue weighted by molar-refractivity contribution is 0.185. The van der Waals surface area contributed by atoms with Crippen LogP contribution in [0.2, 0.25) is 0 Å². The molecule has 0 spiro atoms. The molecule has 1 saturated heterocycles. The SMILES string of the molecule is COc1ccc(CNC(=O)N[C@H]2CC[C@H](CCN3C4CCC3c3ccccc34)CC2)cc1. The van der Waals surface area contributed by atoms with Crippen LogP contribution in [-0.4, -0.2) is 30.6 Å². The first-order chi connectivity index (χ1) is 15.7. The average molecular weight is 434 g/mol. The molecule has 0 radical (unpaired) electrons. The van der Waals surface area contributed by atoms with Gasteiger partial charge in [0.1, 0.15) is 5.75 Å². The summed E-state index contributed by atoms with van der Waals surface area (Å²) >= 11 is 0. The van der Waals surface area contributed by atoms with E-state index in [0.717, 1.165) is 30.1 Å². The summed E-state index contributed by atoms with van der Waals surface area (Å²) in [4.78, 5) is 15.1. The second-order valence-electron chi connectivity index (χ2n) is 9.66. The second-order valence-corrected chi connectivity index (χ2v) is 9.66. The number of hydrogen-bond donors (Lipinski definition) is 2. The Morgan fingerprint density at radius 1 is 0.938 bits per heavy atom. The minimum atomic E-state index is -0.0596. The molecule has 2 heterocycles. The summed E-state index contributed by atoms with van der Waals surface area (Å²) in [6.45, 7) is 1.75. The van der Waals surface area contributed by atoms with Crippen LogP contribution in [0.15, 0.2) is 48.5 Å². The van der Waals surface area contributed by atoms with Crippen molar-refractivity contribution >= 4 is 6.03 Å². The van der Waals surface area contributed by atoms with Gasteiger partial charge in [0.2, 0.25) is 0 Å². The molecule has 1 saturated carbocycles. The van der Waals surface area contributed by atoms with E-state index in [-0.39, 0.29) is 6.03 Å². The molecule has 2 aliphatic heterocycles. The van der Waals surface area contributed by atoms with E-state index in [0.29, 0.717) is 24.7 Å². The fourth-order valence-electron chi connectivity index (χ4n) is 6.05. The molecule has 2 atom stereocenters. The summed E-state index contributed by atoms with van der Waals surface area (Å²) in [6.07, 6.45) is 8.56. The molecule has 2 amide bonds. The topological polar surface area (TPSA) is 53.6 Å². The van der Waals surface area contributed by atoms with E-state index >= 15 is 0 Å². The largest absolute Gasteiger partial charge is 0.497 e. The van der Waals surface area contributed by atoms with Gasteiger partial charge in [0, 0.05) is 24.7 Å². The van der Waals surface area contributed by atoms with Crippen molar-refractivity contribution in [3.05, 3.63) is 65.2 Å². The lowest BCUT2D eigenvalue weighted by atomic mass is 9.84. The number of fused-ring (bicyclic) bond motifs is 5. The minimum absolute atomic E-state index is 0.0596. The summed E-state index contributed by atoms with van der Waals surface area (Å²) in [6, 6.07) is 18.4. The molecular formula is C27H35N3O2. The van der Waals surface area contributed by atoms with Gasteiger partial charge in [0.15, 0.2) is 0 Å². The van der Waals surface area contributed by atoms with Gasteiger partial charge in [-0.15, -0.1) is 0 Å². The zero-order valence-corrected chi connectivity index (χ0v) is 19.1. The van der Waals surface area contributed by atoms with Crippen molar-refractivity contribution in [2.45, 2.75) is 69.6 Å². The zero-order valence-electron chi connectivity index (χ0n) is 19.1. The monoisotopic (exact) mass is 433 g/mol. The Labute approximate surface area is 191 Å². The zero-order chi connectivity index (χ0) is 21.9. The molecule has 5 heteroatoms. The van der Waals surface area contributed by atoms with Crippen LogP contribution in [0.1, 0.15) is 73.7 Å². The lowest BCUT2D eigenvalue weighted by Gasteiger charge is -2.31. The average Bonchev–Trinajstić information content (AvgIpc) is 3.39. The second kappa shape index (κ2) is 9.53. The number of nitrogens with zero attached hydrogens (tertiary/aromatic N) is 1. The molecule has 2 N–H and O–H groups in total. The first kappa shape index (κ1) is 21.3. The van der Waals surface area contributed by atoms with E-state index < -0.39 is 0 Å². The van der Waals surface area contributed by atoms with Gasteiger partial charge in [-0.3, -0.25) is 4.90 Å². The van der Waals surface area contributed by atoms with E-state index in [9.17, 15) is 4.79 Å². The number of carbonyl (C=O) groups excluding carboxylic acids is 1. The Morgan fingerprint density at radius 3 is 2.22 bits per heavy atom. The van der Waals surface area contributed by atoms with Crippen molar-refractivity contribution in [3.63, 3.8) is 0 Å². The molecule has 2 unspecified atom stereocenters. The molecule has 5 rings (SSSR count). The smallest absolute Gasteiger partial charge is 0.315 e. The van der Waals surface area contributed by atoms with Gasteiger partial charge in [-0.2, -0.15) is 0 Å². The number of benzene rings is 2. The van der Waals surface area contributed by atoms with Gasteiger partial charge in [0.25, 0.3) is 0 Å². The maximum Gasteiger partial charge on any atom is 0.315 e. The predicted octanol–water partition coefficient (Wildman–Crippen LogP) is 5.34. The number of methoxy groups -OCH3 is 1. The number of nitrogens with one attached hydrogen (secondary N) is 2. The van der Waals surface area contributed by atoms with Gasteiger partial charge in [-0.05, 0) is 86.2 Å². The van der Waals surface area contributed by atoms with Crippen LogP contribution >= 0.6 is 0 Å². The van der Waals surface area contributed by atoms with Gasteiger partial charge in [0.05, 0.1) is 7.11 Å². The van der Waals surface area contributed by atoms with Crippen LogP contribution in [0.5, 0.6) is 5.75 Å².